The van der Waals surface area contributed by atoms with E-state index >= 15 is 0 Å². The van der Waals surface area contributed by atoms with E-state index in [2.05, 4.69) is 10.3 Å². The van der Waals surface area contributed by atoms with Crippen LogP contribution in [0.15, 0.2) is 73.1 Å². The quantitative estimate of drug-likeness (QED) is 0.523. The predicted octanol–water partition coefficient (Wildman–Crippen LogP) is 4.81. The fourth-order valence-electron chi connectivity index (χ4n) is 3.63. The zero-order valence-corrected chi connectivity index (χ0v) is 18.4. The largest absolute Gasteiger partial charge is 0.416 e. The number of alkyl halides is 3. The zero-order chi connectivity index (χ0) is 24.3. The number of thioether (sulfide) groups is 1. The maximum atomic E-state index is 13.8. The van der Waals surface area contributed by atoms with Crippen LogP contribution in [0.3, 0.4) is 0 Å². The van der Waals surface area contributed by atoms with Crippen LogP contribution in [0.25, 0.3) is 0 Å². The maximum absolute atomic E-state index is 13.8. The highest BCUT2D eigenvalue weighted by Gasteiger charge is 2.43. The number of hydrogen-bond acceptors (Lipinski definition) is 4. The predicted molar refractivity (Wildman–Crippen MR) is 119 cm³/mol. The number of benzene rings is 2. The molecule has 2 amide bonds. The molecule has 2 heterocycles. The third kappa shape index (κ3) is 5.22. The van der Waals surface area contributed by atoms with Gasteiger partial charge in [0.2, 0.25) is 5.91 Å². The molecule has 0 spiro atoms. The van der Waals surface area contributed by atoms with Crippen molar-refractivity contribution in [2.45, 2.75) is 24.1 Å². The first-order chi connectivity index (χ1) is 16.2. The molecule has 1 aliphatic rings. The van der Waals surface area contributed by atoms with Crippen molar-refractivity contribution >= 4 is 23.6 Å². The summed E-state index contributed by atoms with van der Waals surface area (Å²) in [4.78, 5) is 31.7. The molecule has 0 bridgehead atoms. The summed E-state index contributed by atoms with van der Waals surface area (Å²) in [6, 6.07) is 12.2. The van der Waals surface area contributed by atoms with Crippen molar-refractivity contribution in [3.05, 3.63) is 101 Å². The normalized spacial score (nSPS) is 18.1. The molecular formula is C24H19F4N3O2S. The molecule has 5 nitrogen and oxygen atoms in total. The number of aromatic nitrogens is 1. The van der Waals surface area contributed by atoms with Gasteiger partial charge in [-0.1, -0.05) is 24.3 Å². The molecule has 4 rings (SSSR count). The van der Waals surface area contributed by atoms with Crippen molar-refractivity contribution < 1.29 is 27.2 Å². The van der Waals surface area contributed by atoms with E-state index in [1.54, 1.807) is 24.5 Å². The first-order valence-electron chi connectivity index (χ1n) is 10.3. The van der Waals surface area contributed by atoms with Gasteiger partial charge in [0.05, 0.1) is 5.56 Å². The molecule has 176 valence electrons. The van der Waals surface area contributed by atoms with E-state index in [-0.39, 0.29) is 17.9 Å². The highest BCUT2D eigenvalue weighted by atomic mass is 32.2. The van der Waals surface area contributed by atoms with E-state index in [0.717, 1.165) is 23.8 Å². The van der Waals surface area contributed by atoms with Gasteiger partial charge in [-0.25, -0.2) is 4.39 Å². The topological polar surface area (TPSA) is 62.3 Å². The van der Waals surface area contributed by atoms with E-state index in [1.165, 1.54) is 47.0 Å². The molecule has 1 saturated heterocycles. The van der Waals surface area contributed by atoms with Gasteiger partial charge in [0.15, 0.2) is 0 Å². The van der Waals surface area contributed by atoms with Gasteiger partial charge in [-0.15, -0.1) is 11.8 Å². The van der Waals surface area contributed by atoms with Crippen LogP contribution in [0.5, 0.6) is 0 Å². The lowest BCUT2D eigenvalue weighted by atomic mass is 10.1. The number of rotatable bonds is 5. The summed E-state index contributed by atoms with van der Waals surface area (Å²) < 4.78 is 52.8. The summed E-state index contributed by atoms with van der Waals surface area (Å²) >= 11 is 1.26. The smallest absolute Gasteiger partial charge is 0.350 e. The minimum Gasteiger partial charge on any atom is -0.350 e. The van der Waals surface area contributed by atoms with E-state index < -0.39 is 40.8 Å². The minimum atomic E-state index is -4.49. The number of pyridine rings is 1. The Morgan fingerprint density at radius 1 is 1.09 bits per heavy atom. The second kappa shape index (κ2) is 9.84. The van der Waals surface area contributed by atoms with E-state index in [9.17, 15) is 27.2 Å². The number of carbonyl (C=O) groups is 2. The van der Waals surface area contributed by atoms with Gasteiger partial charge in [-0.05, 0) is 47.5 Å². The van der Waals surface area contributed by atoms with Gasteiger partial charge in [0.1, 0.15) is 17.2 Å². The number of hydrogen-bond donors (Lipinski definition) is 1. The molecule has 1 fully saturated rings. The lowest BCUT2D eigenvalue weighted by Crippen LogP contribution is -2.47. The first-order valence-corrected chi connectivity index (χ1v) is 11.3. The molecule has 34 heavy (non-hydrogen) atoms. The number of halogens is 4. The number of nitrogens with zero attached hydrogens (tertiary/aromatic N) is 2. The fourth-order valence-corrected chi connectivity index (χ4v) is 5.06. The van der Waals surface area contributed by atoms with E-state index in [4.69, 9.17) is 0 Å². The third-order valence-corrected chi connectivity index (χ3v) is 6.65. The van der Waals surface area contributed by atoms with Crippen molar-refractivity contribution in [3.63, 3.8) is 0 Å². The first kappa shape index (κ1) is 23.7. The summed E-state index contributed by atoms with van der Waals surface area (Å²) in [7, 11) is 0. The second-order valence-electron chi connectivity index (χ2n) is 7.62. The lowest BCUT2D eigenvalue weighted by Gasteiger charge is -2.29. The molecule has 10 heteroatoms. The van der Waals surface area contributed by atoms with Gasteiger partial charge in [-0.2, -0.15) is 13.2 Å². The molecule has 0 saturated carbocycles. The maximum Gasteiger partial charge on any atom is 0.416 e. The Kier molecular flexibility index (Phi) is 6.87. The summed E-state index contributed by atoms with van der Waals surface area (Å²) in [5, 5.41) is 2.07. The van der Waals surface area contributed by atoms with Crippen LogP contribution in [0.1, 0.15) is 32.4 Å². The SMILES string of the molecule is O=C(NCc1cccnc1)C1CSC(c2ccc(C(F)(F)F)cc2)N1C(=O)c1cccc(F)c1. The summed E-state index contributed by atoms with van der Waals surface area (Å²) in [6.07, 6.45) is -1.29. The summed E-state index contributed by atoms with van der Waals surface area (Å²) in [5.74, 6) is -1.39. The average Bonchev–Trinajstić information content (AvgIpc) is 3.27. The van der Waals surface area contributed by atoms with Crippen LogP contribution in [-0.2, 0) is 17.5 Å². The molecule has 0 radical (unpaired) electrons. The van der Waals surface area contributed by atoms with Crippen LogP contribution in [0.4, 0.5) is 17.6 Å². The van der Waals surface area contributed by atoms with Crippen molar-refractivity contribution in [2.75, 3.05) is 5.75 Å². The van der Waals surface area contributed by atoms with Gasteiger partial charge in [0.25, 0.3) is 5.91 Å². The Hall–Kier alpha value is -3.40. The number of carbonyl (C=O) groups excluding carboxylic acids is 2. The van der Waals surface area contributed by atoms with Crippen molar-refractivity contribution in [2.24, 2.45) is 0 Å². The van der Waals surface area contributed by atoms with Crippen LogP contribution >= 0.6 is 11.8 Å². The molecule has 3 aromatic rings. The number of nitrogens with one attached hydrogen (secondary N) is 1. The van der Waals surface area contributed by atoms with Crippen molar-refractivity contribution in [1.29, 1.82) is 0 Å². The molecule has 2 aromatic carbocycles. The van der Waals surface area contributed by atoms with E-state index in [0.29, 0.717) is 5.56 Å². The van der Waals surface area contributed by atoms with Crippen LogP contribution in [-0.4, -0.2) is 33.5 Å². The Labute approximate surface area is 197 Å². The van der Waals surface area contributed by atoms with Gasteiger partial charge >= 0.3 is 6.18 Å². The Morgan fingerprint density at radius 2 is 1.85 bits per heavy atom. The monoisotopic (exact) mass is 489 g/mol. The summed E-state index contributed by atoms with van der Waals surface area (Å²) in [5.41, 5.74) is 0.437. The molecule has 1 aliphatic heterocycles. The number of amides is 2. The Bertz CT molecular complexity index is 1170. The highest BCUT2D eigenvalue weighted by Crippen LogP contribution is 2.43. The molecular weight excluding hydrogens is 470 g/mol. The summed E-state index contributed by atoms with van der Waals surface area (Å²) in [6.45, 7) is 0.195. The fraction of sp³-hybridized carbons (Fsp3) is 0.208. The van der Waals surface area contributed by atoms with Gasteiger partial charge < -0.3 is 10.2 Å². The zero-order valence-electron chi connectivity index (χ0n) is 17.6. The van der Waals surface area contributed by atoms with Crippen molar-refractivity contribution in [1.82, 2.24) is 15.2 Å². The second-order valence-corrected chi connectivity index (χ2v) is 8.74. The van der Waals surface area contributed by atoms with Crippen LogP contribution in [0.2, 0.25) is 0 Å². The van der Waals surface area contributed by atoms with Crippen LogP contribution < -0.4 is 5.32 Å². The molecule has 2 unspecified atom stereocenters. The van der Waals surface area contributed by atoms with Crippen LogP contribution in [0, 0.1) is 5.82 Å². The standard InChI is InChI=1S/C24H19F4N3O2S/c25-19-5-1-4-17(11-19)22(33)31-20(21(32)30-13-15-3-2-10-29-12-15)14-34-23(31)16-6-8-18(9-7-16)24(26,27)28/h1-12,20,23H,13-14H2,(H,30,32). The molecule has 0 aliphatic carbocycles. The van der Waals surface area contributed by atoms with E-state index in [1.807, 2.05) is 0 Å². The average molecular weight is 489 g/mol. The molecule has 2 atom stereocenters. The van der Waals surface area contributed by atoms with Gasteiger partial charge in [0, 0.05) is 30.3 Å². The molecule has 1 aromatic heterocycles. The minimum absolute atomic E-state index is 0.0458. The molecule has 1 N–H and O–H groups in total. The van der Waals surface area contributed by atoms with Crippen molar-refractivity contribution in [3.8, 4) is 0 Å². The third-order valence-electron chi connectivity index (χ3n) is 5.32. The highest BCUT2D eigenvalue weighted by molar-refractivity contribution is 7.99. The lowest BCUT2D eigenvalue weighted by molar-refractivity contribution is -0.137. The Balaban J connectivity index is 1.62. The van der Waals surface area contributed by atoms with Gasteiger partial charge in [-0.3, -0.25) is 14.6 Å². The Morgan fingerprint density at radius 3 is 2.50 bits per heavy atom.